The summed E-state index contributed by atoms with van der Waals surface area (Å²) in [5.74, 6) is -0.673. The van der Waals surface area contributed by atoms with Crippen LogP contribution in [0, 0.1) is 19.8 Å². The van der Waals surface area contributed by atoms with Crippen molar-refractivity contribution in [2.45, 2.75) is 52.1 Å². The van der Waals surface area contributed by atoms with E-state index >= 15 is 0 Å². The highest BCUT2D eigenvalue weighted by molar-refractivity contribution is 7.92. The summed E-state index contributed by atoms with van der Waals surface area (Å²) in [5, 5.41) is 3.54. The van der Waals surface area contributed by atoms with Gasteiger partial charge in [0.25, 0.3) is 10.0 Å². The first-order valence-electron chi connectivity index (χ1n) is 13.0. The maximum atomic E-state index is 14.0. The third-order valence-electron chi connectivity index (χ3n) is 6.58. The SMILES string of the molecule is Cc1ccc(N(CC(=O)N(Cc2ccc(Cl)c(Cl)c2)[C@@H](C)C(=O)NCC(C)C)S(=O)(=O)c2ccccc2)cc1C. The number of anilines is 1. The van der Waals surface area contributed by atoms with Crippen molar-refractivity contribution in [3.8, 4) is 0 Å². The van der Waals surface area contributed by atoms with E-state index in [9.17, 15) is 18.0 Å². The highest BCUT2D eigenvalue weighted by Gasteiger charge is 2.32. The van der Waals surface area contributed by atoms with E-state index < -0.39 is 28.5 Å². The van der Waals surface area contributed by atoms with Crippen molar-refractivity contribution in [3.63, 3.8) is 0 Å². The van der Waals surface area contributed by atoms with Crippen LogP contribution in [0.5, 0.6) is 0 Å². The first-order chi connectivity index (χ1) is 18.8. The quantitative estimate of drug-likeness (QED) is 0.291. The Balaban J connectivity index is 2.04. The molecule has 7 nitrogen and oxygen atoms in total. The molecule has 0 spiro atoms. The number of sulfonamides is 1. The summed E-state index contributed by atoms with van der Waals surface area (Å²) >= 11 is 12.3. The van der Waals surface area contributed by atoms with Crippen LogP contribution in [0.25, 0.3) is 0 Å². The Morgan fingerprint density at radius 2 is 1.55 bits per heavy atom. The van der Waals surface area contributed by atoms with E-state index in [4.69, 9.17) is 23.2 Å². The van der Waals surface area contributed by atoms with Gasteiger partial charge in [0, 0.05) is 13.1 Å². The van der Waals surface area contributed by atoms with Gasteiger partial charge in [0.2, 0.25) is 11.8 Å². The number of nitrogens with one attached hydrogen (secondary N) is 1. The van der Waals surface area contributed by atoms with Crippen LogP contribution in [0.1, 0.15) is 37.5 Å². The standard InChI is InChI=1S/C30H35Cl2N3O4S/c1-20(2)17-33-30(37)23(5)34(18-24-12-14-27(31)28(32)16-24)29(36)19-35(25-13-11-21(3)22(4)15-25)40(38,39)26-9-7-6-8-10-26/h6-16,20,23H,17-19H2,1-5H3,(H,33,37)/t23-/m0/s1. The monoisotopic (exact) mass is 603 g/mol. The van der Waals surface area contributed by atoms with Crippen molar-refractivity contribution in [1.82, 2.24) is 10.2 Å². The van der Waals surface area contributed by atoms with E-state index in [1.165, 1.54) is 17.0 Å². The molecule has 1 N–H and O–H groups in total. The van der Waals surface area contributed by atoms with Crippen LogP contribution in [0.15, 0.2) is 71.6 Å². The molecule has 10 heteroatoms. The number of carbonyl (C=O) groups excluding carboxylic acids is 2. The topological polar surface area (TPSA) is 86.8 Å². The molecule has 3 aromatic rings. The molecular weight excluding hydrogens is 569 g/mol. The second-order valence-electron chi connectivity index (χ2n) is 10.2. The lowest BCUT2D eigenvalue weighted by molar-refractivity contribution is -0.139. The van der Waals surface area contributed by atoms with Crippen LogP contribution >= 0.6 is 23.2 Å². The Labute approximate surface area is 247 Å². The zero-order chi connectivity index (χ0) is 29.6. The van der Waals surface area contributed by atoms with Crippen molar-refractivity contribution in [2.75, 3.05) is 17.4 Å². The summed E-state index contributed by atoms with van der Waals surface area (Å²) in [4.78, 5) is 28.5. The second-order valence-corrected chi connectivity index (χ2v) is 12.9. The number of hydrogen-bond donors (Lipinski definition) is 1. The molecule has 0 saturated heterocycles. The summed E-state index contributed by atoms with van der Waals surface area (Å²) in [7, 11) is -4.12. The van der Waals surface area contributed by atoms with Crippen LogP contribution in [0.3, 0.4) is 0 Å². The van der Waals surface area contributed by atoms with E-state index in [-0.39, 0.29) is 23.3 Å². The predicted molar refractivity (Wildman–Crippen MR) is 161 cm³/mol. The number of aryl methyl sites for hydroxylation is 2. The lowest BCUT2D eigenvalue weighted by Gasteiger charge is -2.32. The third-order valence-corrected chi connectivity index (χ3v) is 9.10. The summed E-state index contributed by atoms with van der Waals surface area (Å²) in [5.41, 5.74) is 2.87. The summed E-state index contributed by atoms with van der Waals surface area (Å²) in [6.45, 7) is 9.33. The van der Waals surface area contributed by atoms with Gasteiger partial charge in [-0.15, -0.1) is 0 Å². The fourth-order valence-electron chi connectivity index (χ4n) is 4.00. The Morgan fingerprint density at radius 3 is 2.15 bits per heavy atom. The average Bonchev–Trinajstić information content (AvgIpc) is 2.92. The van der Waals surface area contributed by atoms with Crippen LogP contribution in [-0.4, -0.2) is 44.3 Å². The van der Waals surface area contributed by atoms with Crippen LogP contribution in [-0.2, 0) is 26.2 Å². The van der Waals surface area contributed by atoms with Gasteiger partial charge in [-0.2, -0.15) is 0 Å². The minimum atomic E-state index is -4.12. The van der Waals surface area contributed by atoms with Gasteiger partial charge in [0.15, 0.2) is 0 Å². The number of nitrogens with zero attached hydrogens (tertiary/aromatic N) is 2. The molecule has 40 heavy (non-hydrogen) atoms. The first kappa shape index (κ1) is 31.5. The molecule has 3 aromatic carbocycles. The number of hydrogen-bond acceptors (Lipinski definition) is 4. The molecule has 3 rings (SSSR count). The maximum Gasteiger partial charge on any atom is 0.264 e. The van der Waals surface area contributed by atoms with Gasteiger partial charge in [-0.3, -0.25) is 13.9 Å². The van der Waals surface area contributed by atoms with Gasteiger partial charge in [-0.05, 0) is 79.8 Å². The van der Waals surface area contributed by atoms with Crippen LogP contribution in [0.2, 0.25) is 10.0 Å². The van der Waals surface area contributed by atoms with E-state index in [1.807, 2.05) is 33.8 Å². The third kappa shape index (κ3) is 7.77. The second kappa shape index (κ2) is 13.5. The Hall–Kier alpha value is -3.07. The van der Waals surface area contributed by atoms with Gasteiger partial charge in [-0.1, -0.05) is 67.4 Å². The van der Waals surface area contributed by atoms with Gasteiger partial charge in [0.1, 0.15) is 12.6 Å². The van der Waals surface area contributed by atoms with E-state index in [1.54, 1.807) is 55.5 Å². The highest BCUT2D eigenvalue weighted by Crippen LogP contribution is 2.27. The molecule has 0 heterocycles. The fourth-order valence-corrected chi connectivity index (χ4v) is 5.75. The zero-order valence-corrected chi connectivity index (χ0v) is 25.6. The molecule has 0 bridgehead atoms. The van der Waals surface area contributed by atoms with E-state index in [2.05, 4.69) is 5.32 Å². The van der Waals surface area contributed by atoms with Gasteiger partial charge >= 0.3 is 0 Å². The molecule has 214 valence electrons. The molecule has 1 atom stereocenters. The smallest absolute Gasteiger partial charge is 0.264 e. The Kier molecular flexibility index (Phi) is 10.6. The Morgan fingerprint density at radius 1 is 0.875 bits per heavy atom. The molecule has 0 aliphatic carbocycles. The number of benzene rings is 3. The van der Waals surface area contributed by atoms with Crippen molar-refractivity contribution in [2.24, 2.45) is 5.92 Å². The molecule has 0 unspecified atom stereocenters. The van der Waals surface area contributed by atoms with E-state index in [0.29, 0.717) is 27.8 Å². The molecular formula is C30H35Cl2N3O4S. The number of carbonyl (C=O) groups is 2. The van der Waals surface area contributed by atoms with Gasteiger partial charge in [-0.25, -0.2) is 8.42 Å². The molecule has 0 radical (unpaired) electrons. The molecule has 0 saturated carbocycles. The molecule has 0 fully saturated rings. The lowest BCUT2D eigenvalue weighted by Crippen LogP contribution is -2.51. The van der Waals surface area contributed by atoms with E-state index in [0.717, 1.165) is 15.4 Å². The van der Waals surface area contributed by atoms with Crippen molar-refractivity contribution in [3.05, 3.63) is 93.5 Å². The zero-order valence-electron chi connectivity index (χ0n) is 23.3. The lowest BCUT2D eigenvalue weighted by atomic mass is 10.1. The van der Waals surface area contributed by atoms with Crippen LogP contribution in [0.4, 0.5) is 5.69 Å². The molecule has 0 aliphatic rings. The fraction of sp³-hybridized carbons (Fsp3) is 0.333. The van der Waals surface area contributed by atoms with Gasteiger partial charge < -0.3 is 10.2 Å². The minimum Gasteiger partial charge on any atom is -0.354 e. The highest BCUT2D eigenvalue weighted by atomic mass is 35.5. The molecule has 2 amide bonds. The normalized spacial score (nSPS) is 12.2. The number of rotatable bonds is 11. The van der Waals surface area contributed by atoms with Crippen molar-refractivity contribution in [1.29, 1.82) is 0 Å². The number of amides is 2. The predicted octanol–water partition coefficient (Wildman–Crippen LogP) is 6.00. The Bertz CT molecular complexity index is 1460. The van der Waals surface area contributed by atoms with Crippen molar-refractivity contribution < 1.29 is 18.0 Å². The molecule has 0 aliphatic heterocycles. The summed E-state index contributed by atoms with van der Waals surface area (Å²) in [6, 6.07) is 17.3. The summed E-state index contributed by atoms with van der Waals surface area (Å²) < 4.78 is 28.8. The average molecular weight is 605 g/mol. The number of halogens is 2. The van der Waals surface area contributed by atoms with Crippen molar-refractivity contribution >= 4 is 50.7 Å². The maximum absolute atomic E-state index is 14.0. The molecule has 0 aromatic heterocycles. The summed E-state index contributed by atoms with van der Waals surface area (Å²) in [6.07, 6.45) is 0. The largest absolute Gasteiger partial charge is 0.354 e. The minimum absolute atomic E-state index is 0.0259. The first-order valence-corrected chi connectivity index (χ1v) is 15.2. The van der Waals surface area contributed by atoms with Crippen LogP contribution < -0.4 is 9.62 Å². The van der Waals surface area contributed by atoms with Gasteiger partial charge in [0.05, 0.1) is 20.6 Å².